The number of aryl methyl sites for hydroxylation is 1. The van der Waals surface area contributed by atoms with E-state index in [4.69, 9.17) is 0 Å². The Morgan fingerprint density at radius 2 is 2.14 bits per heavy atom. The summed E-state index contributed by atoms with van der Waals surface area (Å²) in [6.45, 7) is 3.92. The molecule has 0 spiro atoms. The number of carbonyl (C=O) groups excluding carboxylic acids is 1. The molecule has 3 heteroatoms. The minimum absolute atomic E-state index is 0.0535. The number of amides is 1. The Labute approximate surface area is 92.8 Å². The SMILES string of the molecule is CCC(=O)Nc1cc(Br)ccc1CC. The lowest BCUT2D eigenvalue weighted by Crippen LogP contribution is -2.11. The van der Waals surface area contributed by atoms with Crippen LogP contribution < -0.4 is 5.32 Å². The molecule has 2 nitrogen and oxygen atoms in total. The zero-order chi connectivity index (χ0) is 10.6. The van der Waals surface area contributed by atoms with E-state index in [-0.39, 0.29) is 5.91 Å². The van der Waals surface area contributed by atoms with Crippen LogP contribution in [0.4, 0.5) is 5.69 Å². The largest absolute Gasteiger partial charge is 0.326 e. The average molecular weight is 256 g/mol. The summed E-state index contributed by atoms with van der Waals surface area (Å²) in [6.07, 6.45) is 1.43. The quantitative estimate of drug-likeness (QED) is 0.882. The number of halogens is 1. The fraction of sp³-hybridized carbons (Fsp3) is 0.364. The first-order chi connectivity index (χ1) is 6.67. The lowest BCUT2D eigenvalue weighted by Gasteiger charge is -2.09. The molecule has 0 radical (unpaired) electrons. The molecule has 0 aliphatic heterocycles. The third-order valence-electron chi connectivity index (χ3n) is 2.05. The molecule has 0 saturated carbocycles. The van der Waals surface area contributed by atoms with Crippen LogP contribution >= 0.6 is 15.9 Å². The smallest absolute Gasteiger partial charge is 0.224 e. The topological polar surface area (TPSA) is 29.1 Å². The van der Waals surface area contributed by atoms with Gasteiger partial charge in [0.25, 0.3) is 0 Å². The van der Waals surface area contributed by atoms with Gasteiger partial charge in [-0.2, -0.15) is 0 Å². The maximum atomic E-state index is 11.2. The lowest BCUT2D eigenvalue weighted by atomic mass is 10.1. The van der Waals surface area contributed by atoms with Crippen LogP contribution in [-0.2, 0) is 11.2 Å². The molecule has 0 fully saturated rings. The predicted molar refractivity (Wildman–Crippen MR) is 62.4 cm³/mol. The van der Waals surface area contributed by atoms with Crippen molar-refractivity contribution in [1.82, 2.24) is 0 Å². The highest BCUT2D eigenvalue weighted by Gasteiger charge is 2.04. The Balaban J connectivity index is 2.93. The molecule has 1 aromatic rings. The second-order valence-corrected chi connectivity index (χ2v) is 3.97. The molecule has 1 aromatic carbocycles. The second-order valence-electron chi connectivity index (χ2n) is 3.06. The van der Waals surface area contributed by atoms with Gasteiger partial charge in [-0.1, -0.05) is 35.8 Å². The summed E-state index contributed by atoms with van der Waals surface area (Å²) in [5.41, 5.74) is 2.07. The maximum absolute atomic E-state index is 11.2. The Kier molecular flexibility index (Phi) is 4.14. The van der Waals surface area contributed by atoms with Crippen molar-refractivity contribution in [3.63, 3.8) is 0 Å². The molecule has 76 valence electrons. The van der Waals surface area contributed by atoms with Gasteiger partial charge in [-0.3, -0.25) is 4.79 Å². The molecule has 1 amide bonds. The molecular weight excluding hydrogens is 242 g/mol. The van der Waals surface area contributed by atoms with Crippen molar-refractivity contribution in [2.24, 2.45) is 0 Å². The summed E-state index contributed by atoms with van der Waals surface area (Å²) in [4.78, 5) is 11.2. The zero-order valence-electron chi connectivity index (χ0n) is 8.43. The van der Waals surface area contributed by atoms with Crippen LogP contribution in [0.3, 0.4) is 0 Å². The van der Waals surface area contributed by atoms with Gasteiger partial charge >= 0.3 is 0 Å². The van der Waals surface area contributed by atoms with Gasteiger partial charge in [0.05, 0.1) is 0 Å². The third-order valence-corrected chi connectivity index (χ3v) is 2.54. The van der Waals surface area contributed by atoms with Crippen LogP contribution in [0.1, 0.15) is 25.8 Å². The molecule has 0 unspecified atom stereocenters. The van der Waals surface area contributed by atoms with Gasteiger partial charge < -0.3 is 5.32 Å². The number of rotatable bonds is 3. The van der Waals surface area contributed by atoms with E-state index in [1.807, 2.05) is 25.1 Å². The maximum Gasteiger partial charge on any atom is 0.224 e. The normalized spacial score (nSPS) is 9.93. The standard InChI is InChI=1S/C11H14BrNO/c1-3-8-5-6-9(12)7-10(8)13-11(14)4-2/h5-7H,3-4H2,1-2H3,(H,13,14). The Morgan fingerprint density at radius 1 is 1.43 bits per heavy atom. The van der Waals surface area contributed by atoms with Crippen LogP contribution in [0, 0.1) is 0 Å². The van der Waals surface area contributed by atoms with Crippen molar-refractivity contribution >= 4 is 27.5 Å². The van der Waals surface area contributed by atoms with Crippen LogP contribution in [0.25, 0.3) is 0 Å². The summed E-state index contributed by atoms with van der Waals surface area (Å²) in [5.74, 6) is 0.0535. The summed E-state index contributed by atoms with van der Waals surface area (Å²) in [6, 6.07) is 5.95. The first-order valence-electron chi connectivity index (χ1n) is 4.75. The van der Waals surface area contributed by atoms with E-state index >= 15 is 0 Å². The van der Waals surface area contributed by atoms with Gasteiger partial charge in [-0.15, -0.1) is 0 Å². The number of anilines is 1. The monoisotopic (exact) mass is 255 g/mol. The number of nitrogens with one attached hydrogen (secondary N) is 1. The molecule has 0 bridgehead atoms. The zero-order valence-corrected chi connectivity index (χ0v) is 10.0. The van der Waals surface area contributed by atoms with Crippen molar-refractivity contribution in [3.8, 4) is 0 Å². The van der Waals surface area contributed by atoms with Gasteiger partial charge in [-0.25, -0.2) is 0 Å². The number of hydrogen-bond acceptors (Lipinski definition) is 1. The Morgan fingerprint density at radius 3 is 2.71 bits per heavy atom. The molecular formula is C11H14BrNO. The Hall–Kier alpha value is -0.830. The van der Waals surface area contributed by atoms with Crippen LogP contribution in [0.2, 0.25) is 0 Å². The summed E-state index contributed by atoms with van der Waals surface area (Å²) < 4.78 is 0.987. The van der Waals surface area contributed by atoms with Gasteiger partial charge in [0, 0.05) is 16.6 Å². The first kappa shape index (κ1) is 11.2. The van der Waals surface area contributed by atoms with Crippen LogP contribution in [-0.4, -0.2) is 5.91 Å². The molecule has 0 aliphatic carbocycles. The molecule has 0 aliphatic rings. The molecule has 1 N–H and O–H groups in total. The van der Waals surface area contributed by atoms with E-state index in [0.29, 0.717) is 6.42 Å². The van der Waals surface area contributed by atoms with E-state index in [0.717, 1.165) is 22.1 Å². The van der Waals surface area contributed by atoms with Crippen molar-refractivity contribution in [3.05, 3.63) is 28.2 Å². The van der Waals surface area contributed by atoms with E-state index in [1.165, 1.54) is 0 Å². The highest BCUT2D eigenvalue weighted by Crippen LogP contribution is 2.21. The second kappa shape index (κ2) is 5.15. The van der Waals surface area contributed by atoms with E-state index < -0.39 is 0 Å². The van der Waals surface area contributed by atoms with Crippen molar-refractivity contribution in [1.29, 1.82) is 0 Å². The van der Waals surface area contributed by atoms with E-state index in [1.54, 1.807) is 0 Å². The number of benzene rings is 1. The lowest BCUT2D eigenvalue weighted by molar-refractivity contribution is -0.115. The van der Waals surface area contributed by atoms with Gasteiger partial charge in [0.2, 0.25) is 5.91 Å². The fourth-order valence-electron chi connectivity index (χ4n) is 1.21. The first-order valence-corrected chi connectivity index (χ1v) is 5.55. The molecule has 0 atom stereocenters. The molecule has 14 heavy (non-hydrogen) atoms. The Bertz CT molecular complexity index is 336. The predicted octanol–water partition coefficient (Wildman–Crippen LogP) is 3.36. The van der Waals surface area contributed by atoms with Crippen LogP contribution in [0.5, 0.6) is 0 Å². The van der Waals surface area contributed by atoms with Crippen molar-refractivity contribution in [2.75, 3.05) is 5.32 Å². The van der Waals surface area contributed by atoms with Gasteiger partial charge in [-0.05, 0) is 24.1 Å². The third kappa shape index (κ3) is 2.84. The van der Waals surface area contributed by atoms with Gasteiger partial charge in [0.15, 0.2) is 0 Å². The highest BCUT2D eigenvalue weighted by atomic mass is 79.9. The average Bonchev–Trinajstić information content (AvgIpc) is 2.18. The van der Waals surface area contributed by atoms with Gasteiger partial charge in [0.1, 0.15) is 0 Å². The number of carbonyl (C=O) groups is 1. The van der Waals surface area contributed by atoms with E-state index in [2.05, 4.69) is 28.2 Å². The molecule has 0 aromatic heterocycles. The summed E-state index contributed by atoms with van der Waals surface area (Å²) >= 11 is 3.39. The summed E-state index contributed by atoms with van der Waals surface area (Å²) in [7, 11) is 0. The number of hydrogen-bond donors (Lipinski definition) is 1. The highest BCUT2D eigenvalue weighted by molar-refractivity contribution is 9.10. The van der Waals surface area contributed by atoms with Crippen molar-refractivity contribution < 1.29 is 4.79 Å². The summed E-state index contributed by atoms with van der Waals surface area (Å²) in [5, 5.41) is 2.88. The minimum Gasteiger partial charge on any atom is -0.326 e. The molecule has 1 rings (SSSR count). The van der Waals surface area contributed by atoms with E-state index in [9.17, 15) is 4.79 Å². The molecule has 0 saturated heterocycles. The van der Waals surface area contributed by atoms with Crippen molar-refractivity contribution in [2.45, 2.75) is 26.7 Å². The van der Waals surface area contributed by atoms with Crippen LogP contribution in [0.15, 0.2) is 22.7 Å². The minimum atomic E-state index is 0.0535. The fourth-order valence-corrected chi connectivity index (χ4v) is 1.57. The molecule has 0 heterocycles.